The van der Waals surface area contributed by atoms with Gasteiger partial charge in [-0.2, -0.15) is 0 Å². The third kappa shape index (κ3) is 3.29. The van der Waals surface area contributed by atoms with E-state index in [0.717, 1.165) is 0 Å². The van der Waals surface area contributed by atoms with Gasteiger partial charge in [0.15, 0.2) is 11.6 Å². The second kappa shape index (κ2) is 7.13. The Hall–Kier alpha value is -3.56. The van der Waals surface area contributed by atoms with Gasteiger partial charge < -0.3 is 20.1 Å². The molecule has 1 aliphatic rings. The molecule has 0 aromatic carbocycles. The standard InChI is InChI=1S/C15H13N7O3.CH4/c23-11-2-1-9-12(19-7-20-13(9)21-11)15(24)18-6-8-5-10(22-25-8)14-16-3-4-17-14;/h3-5,7H,1-2,6H2,(H,16,17)(H,18,24)(H,19,20,21,23);1H4. The number of nitrogens with zero attached hydrogens (tertiary/aromatic N) is 4. The van der Waals surface area contributed by atoms with E-state index < -0.39 is 0 Å². The number of imidazole rings is 1. The predicted octanol–water partition coefficient (Wildman–Crippen LogP) is 1.31. The van der Waals surface area contributed by atoms with Gasteiger partial charge in [0.05, 0.1) is 6.54 Å². The summed E-state index contributed by atoms with van der Waals surface area (Å²) in [6, 6.07) is 1.69. The zero-order valence-corrected chi connectivity index (χ0v) is 12.9. The first-order valence-electron chi connectivity index (χ1n) is 7.58. The Kier molecular flexibility index (Phi) is 4.74. The van der Waals surface area contributed by atoms with Crippen molar-refractivity contribution < 1.29 is 14.1 Å². The van der Waals surface area contributed by atoms with Gasteiger partial charge in [0.25, 0.3) is 5.91 Å². The number of carbonyl (C=O) groups excluding carboxylic acids is 2. The number of nitrogens with one attached hydrogen (secondary N) is 3. The molecule has 134 valence electrons. The summed E-state index contributed by atoms with van der Waals surface area (Å²) in [4.78, 5) is 38.9. The molecule has 0 bridgehead atoms. The normalized spacial score (nSPS) is 12.7. The summed E-state index contributed by atoms with van der Waals surface area (Å²) in [5, 5.41) is 9.26. The Bertz CT molecular complexity index is 933. The molecule has 0 saturated heterocycles. The fraction of sp³-hybridized carbons (Fsp3) is 0.250. The second-order valence-corrected chi connectivity index (χ2v) is 5.40. The van der Waals surface area contributed by atoms with Crippen LogP contribution in [0.15, 0.2) is 29.3 Å². The average molecular weight is 355 g/mol. The number of hydrogen-bond acceptors (Lipinski definition) is 7. The van der Waals surface area contributed by atoms with E-state index in [9.17, 15) is 9.59 Å². The summed E-state index contributed by atoms with van der Waals surface area (Å²) in [6.45, 7) is 0.150. The maximum atomic E-state index is 12.4. The second-order valence-electron chi connectivity index (χ2n) is 5.40. The van der Waals surface area contributed by atoms with E-state index in [1.807, 2.05) is 0 Å². The SMILES string of the molecule is C.O=C1CCc2c(ncnc2C(=O)NCc2cc(-c3ncc[nH]3)no2)N1. The lowest BCUT2D eigenvalue weighted by Crippen LogP contribution is -2.28. The lowest BCUT2D eigenvalue weighted by molar-refractivity contribution is -0.116. The number of H-pyrrole nitrogens is 1. The van der Waals surface area contributed by atoms with E-state index in [1.54, 1.807) is 18.5 Å². The van der Waals surface area contributed by atoms with E-state index in [0.29, 0.717) is 41.5 Å². The minimum absolute atomic E-state index is 0. The molecule has 0 radical (unpaired) electrons. The molecule has 0 saturated carbocycles. The van der Waals surface area contributed by atoms with Crippen molar-refractivity contribution in [2.24, 2.45) is 0 Å². The minimum Gasteiger partial charge on any atom is -0.359 e. The first kappa shape index (κ1) is 17.3. The molecule has 0 aliphatic carbocycles. The Morgan fingerprint density at radius 1 is 1.27 bits per heavy atom. The van der Waals surface area contributed by atoms with Crippen molar-refractivity contribution >= 4 is 17.6 Å². The molecule has 0 atom stereocenters. The summed E-state index contributed by atoms with van der Waals surface area (Å²) < 4.78 is 5.19. The molecular formula is C16H17N7O3. The lowest BCUT2D eigenvalue weighted by Gasteiger charge is -2.17. The highest BCUT2D eigenvalue weighted by Gasteiger charge is 2.23. The van der Waals surface area contributed by atoms with Crippen LogP contribution in [0.3, 0.4) is 0 Å². The van der Waals surface area contributed by atoms with Crippen LogP contribution < -0.4 is 10.6 Å². The van der Waals surface area contributed by atoms with Gasteiger partial charge in [-0.1, -0.05) is 12.6 Å². The quantitative estimate of drug-likeness (QED) is 0.641. The molecule has 3 aromatic rings. The van der Waals surface area contributed by atoms with Crippen LogP contribution >= 0.6 is 0 Å². The Morgan fingerprint density at radius 2 is 2.15 bits per heavy atom. The number of anilines is 1. The van der Waals surface area contributed by atoms with Gasteiger partial charge in [0.1, 0.15) is 23.5 Å². The summed E-state index contributed by atoms with van der Waals surface area (Å²) >= 11 is 0. The molecular weight excluding hydrogens is 338 g/mol. The van der Waals surface area contributed by atoms with E-state index in [-0.39, 0.29) is 31.5 Å². The molecule has 3 aromatic heterocycles. The molecule has 4 rings (SSSR count). The monoisotopic (exact) mass is 355 g/mol. The van der Waals surface area contributed by atoms with Crippen molar-refractivity contribution in [1.29, 1.82) is 0 Å². The van der Waals surface area contributed by atoms with Crippen LogP contribution in [0.25, 0.3) is 11.5 Å². The molecule has 10 heteroatoms. The van der Waals surface area contributed by atoms with Crippen molar-refractivity contribution in [2.75, 3.05) is 5.32 Å². The molecule has 0 fully saturated rings. The fourth-order valence-electron chi connectivity index (χ4n) is 2.55. The van der Waals surface area contributed by atoms with Crippen molar-refractivity contribution in [3.63, 3.8) is 0 Å². The van der Waals surface area contributed by atoms with Crippen LogP contribution in [0, 0.1) is 0 Å². The molecule has 3 N–H and O–H groups in total. The van der Waals surface area contributed by atoms with E-state index in [1.165, 1.54) is 6.33 Å². The molecule has 0 spiro atoms. The molecule has 26 heavy (non-hydrogen) atoms. The van der Waals surface area contributed by atoms with Crippen LogP contribution in [-0.4, -0.2) is 36.9 Å². The van der Waals surface area contributed by atoms with Gasteiger partial charge in [-0.3, -0.25) is 9.59 Å². The van der Waals surface area contributed by atoms with Gasteiger partial charge in [-0.05, 0) is 6.42 Å². The maximum absolute atomic E-state index is 12.4. The highest BCUT2D eigenvalue weighted by atomic mass is 16.5. The van der Waals surface area contributed by atoms with Crippen LogP contribution in [0.4, 0.5) is 5.82 Å². The summed E-state index contributed by atoms with van der Waals surface area (Å²) in [5.41, 5.74) is 1.43. The van der Waals surface area contributed by atoms with Crippen molar-refractivity contribution in [3.8, 4) is 11.5 Å². The number of hydrogen-bond donors (Lipinski definition) is 3. The number of aromatic nitrogens is 5. The number of aromatic amines is 1. The van der Waals surface area contributed by atoms with Crippen LogP contribution in [-0.2, 0) is 17.8 Å². The van der Waals surface area contributed by atoms with Gasteiger partial charge in [0.2, 0.25) is 5.91 Å². The highest BCUT2D eigenvalue weighted by molar-refractivity contribution is 5.99. The minimum atomic E-state index is -0.370. The Morgan fingerprint density at radius 3 is 2.96 bits per heavy atom. The maximum Gasteiger partial charge on any atom is 0.270 e. The molecule has 4 heterocycles. The average Bonchev–Trinajstić information content (AvgIpc) is 3.30. The molecule has 1 aliphatic heterocycles. The highest BCUT2D eigenvalue weighted by Crippen LogP contribution is 2.22. The molecule has 0 unspecified atom stereocenters. The van der Waals surface area contributed by atoms with E-state index >= 15 is 0 Å². The third-order valence-corrected chi connectivity index (χ3v) is 3.74. The first-order valence-corrected chi connectivity index (χ1v) is 7.58. The van der Waals surface area contributed by atoms with Gasteiger partial charge >= 0.3 is 0 Å². The number of carbonyl (C=O) groups is 2. The van der Waals surface area contributed by atoms with Crippen LogP contribution in [0.1, 0.15) is 35.7 Å². The largest absolute Gasteiger partial charge is 0.359 e. The van der Waals surface area contributed by atoms with Crippen molar-refractivity contribution in [1.82, 2.24) is 30.4 Å². The Labute approximate surface area is 148 Å². The smallest absolute Gasteiger partial charge is 0.270 e. The van der Waals surface area contributed by atoms with Gasteiger partial charge in [-0.25, -0.2) is 15.0 Å². The first-order chi connectivity index (χ1) is 12.2. The van der Waals surface area contributed by atoms with Crippen molar-refractivity contribution in [2.45, 2.75) is 26.8 Å². The summed E-state index contributed by atoms with van der Waals surface area (Å²) in [5.74, 6) is 0.963. The number of amides is 2. The Balaban J connectivity index is 0.00000196. The number of rotatable bonds is 4. The summed E-state index contributed by atoms with van der Waals surface area (Å²) in [6.07, 6.45) is 5.28. The van der Waals surface area contributed by atoms with Gasteiger partial charge in [-0.15, -0.1) is 0 Å². The zero-order chi connectivity index (χ0) is 17.2. The van der Waals surface area contributed by atoms with Gasteiger partial charge in [0, 0.05) is 30.4 Å². The van der Waals surface area contributed by atoms with E-state index in [2.05, 4.69) is 35.7 Å². The zero-order valence-electron chi connectivity index (χ0n) is 12.9. The van der Waals surface area contributed by atoms with Crippen molar-refractivity contribution in [3.05, 3.63) is 41.8 Å². The number of fused-ring (bicyclic) bond motifs is 1. The predicted molar refractivity (Wildman–Crippen MR) is 91.0 cm³/mol. The molecule has 10 nitrogen and oxygen atoms in total. The van der Waals surface area contributed by atoms with E-state index in [4.69, 9.17) is 4.52 Å². The molecule has 2 amide bonds. The van der Waals surface area contributed by atoms with Crippen LogP contribution in [0.5, 0.6) is 0 Å². The third-order valence-electron chi connectivity index (χ3n) is 3.74. The fourth-order valence-corrected chi connectivity index (χ4v) is 2.55. The van der Waals surface area contributed by atoms with Crippen LogP contribution in [0.2, 0.25) is 0 Å². The summed E-state index contributed by atoms with van der Waals surface area (Å²) in [7, 11) is 0. The lowest BCUT2D eigenvalue weighted by atomic mass is 10.0. The topological polar surface area (TPSA) is 139 Å².